The predicted octanol–water partition coefficient (Wildman–Crippen LogP) is 2.24. The number of carbonyl (C=O) groups excluding carboxylic acids is 2. The molecule has 0 amide bonds. The van der Waals surface area contributed by atoms with Crippen molar-refractivity contribution in [1.82, 2.24) is 0 Å². The SMILES string of the molecule is O=C(/C=C/c1ccc(O)c(O)c1)OC/C=C(\CO)COC(=O)/C=C/c1ccc(O)c(O)c1. The number of phenols is 4. The molecule has 0 aliphatic rings. The Morgan fingerprint density at radius 2 is 1.25 bits per heavy atom. The summed E-state index contributed by atoms with van der Waals surface area (Å²) >= 11 is 0. The van der Waals surface area contributed by atoms with Gasteiger partial charge in [0.1, 0.15) is 13.2 Å². The highest BCUT2D eigenvalue weighted by molar-refractivity contribution is 5.87. The summed E-state index contributed by atoms with van der Waals surface area (Å²) in [4.78, 5) is 23.5. The van der Waals surface area contributed by atoms with Crippen LogP contribution in [0.15, 0.2) is 60.2 Å². The van der Waals surface area contributed by atoms with Crippen molar-refractivity contribution in [3.8, 4) is 23.0 Å². The van der Waals surface area contributed by atoms with Gasteiger partial charge >= 0.3 is 11.9 Å². The summed E-state index contributed by atoms with van der Waals surface area (Å²) in [6.07, 6.45) is 6.41. The normalized spacial score (nSPS) is 11.7. The number of esters is 2. The minimum absolute atomic E-state index is 0.167. The lowest BCUT2D eigenvalue weighted by Gasteiger charge is -2.05. The predicted molar refractivity (Wildman–Crippen MR) is 115 cm³/mol. The van der Waals surface area contributed by atoms with E-state index < -0.39 is 18.5 Å². The Hall–Kier alpha value is -4.24. The average Bonchev–Trinajstić information content (AvgIpc) is 2.77. The molecule has 0 spiro atoms. The highest BCUT2D eigenvalue weighted by Crippen LogP contribution is 2.26. The standard InChI is InChI=1S/C23H22O9/c24-13-17(14-32-23(30)8-4-16-2-6-19(26)21(28)12-16)9-10-31-22(29)7-3-15-1-5-18(25)20(27)11-15/h1-9,11-12,24-28H,10,13-14H2/b7-3+,8-4+,17-9+. The molecule has 9 heteroatoms. The highest BCUT2D eigenvalue weighted by Gasteiger charge is 2.04. The highest BCUT2D eigenvalue weighted by atomic mass is 16.5. The van der Waals surface area contributed by atoms with E-state index in [9.17, 15) is 35.1 Å². The van der Waals surface area contributed by atoms with E-state index in [2.05, 4.69) is 0 Å². The Kier molecular flexibility index (Phi) is 8.88. The van der Waals surface area contributed by atoms with Crippen molar-refractivity contribution in [2.24, 2.45) is 0 Å². The maximum atomic E-state index is 11.8. The number of rotatable bonds is 9. The topological polar surface area (TPSA) is 154 Å². The lowest BCUT2D eigenvalue weighted by atomic mass is 10.2. The molecule has 2 aromatic rings. The smallest absolute Gasteiger partial charge is 0.331 e. The number of ether oxygens (including phenoxy) is 2. The van der Waals surface area contributed by atoms with Gasteiger partial charge in [-0.15, -0.1) is 0 Å². The number of carbonyl (C=O) groups is 2. The third-order valence-corrected chi connectivity index (χ3v) is 4.02. The zero-order chi connectivity index (χ0) is 23.5. The molecule has 0 bridgehead atoms. The first kappa shape index (κ1) is 24.0. The summed E-state index contributed by atoms with van der Waals surface area (Å²) in [7, 11) is 0. The molecule has 0 fully saturated rings. The molecule has 32 heavy (non-hydrogen) atoms. The van der Waals surface area contributed by atoms with Crippen LogP contribution in [-0.2, 0) is 19.1 Å². The van der Waals surface area contributed by atoms with E-state index in [0.717, 1.165) is 12.2 Å². The molecule has 0 atom stereocenters. The number of aliphatic hydroxyl groups is 1. The van der Waals surface area contributed by atoms with Crippen LogP contribution >= 0.6 is 0 Å². The minimum Gasteiger partial charge on any atom is -0.504 e. The van der Waals surface area contributed by atoms with E-state index in [0.29, 0.717) is 16.7 Å². The van der Waals surface area contributed by atoms with E-state index in [1.54, 1.807) is 0 Å². The summed E-state index contributed by atoms with van der Waals surface area (Å²) in [6.45, 7) is -0.802. The van der Waals surface area contributed by atoms with Crippen LogP contribution in [0.5, 0.6) is 23.0 Å². The van der Waals surface area contributed by atoms with Crippen LogP contribution in [0.4, 0.5) is 0 Å². The van der Waals surface area contributed by atoms with Crippen LogP contribution in [0.25, 0.3) is 12.2 Å². The number of benzene rings is 2. The lowest BCUT2D eigenvalue weighted by Crippen LogP contribution is -2.09. The van der Waals surface area contributed by atoms with Crippen LogP contribution in [0.2, 0.25) is 0 Å². The minimum atomic E-state index is -0.700. The van der Waals surface area contributed by atoms with Gasteiger partial charge in [-0.2, -0.15) is 0 Å². The summed E-state index contributed by atoms with van der Waals surface area (Å²) in [5.41, 5.74) is 1.26. The molecule has 0 heterocycles. The molecule has 168 valence electrons. The van der Waals surface area contributed by atoms with Gasteiger partial charge in [0.2, 0.25) is 0 Å². The van der Waals surface area contributed by atoms with Gasteiger partial charge < -0.3 is 35.0 Å². The van der Waals surface area contributed by atoms with Crippen LogP contribution in [-0.4, -0.2) is 57.3 Å². The number of aliphatic hydroxyl groups excluding tert-OH is 1. The van der Waals surface area contributed by atoms with Crippen molar-refractivity contribution in [3.05, 3.63) is 71.3 Å². The van der Waals surface area contributed by atoms with Gasteiger partial charge in [-0.3, -0.25) is 0 Å². The van der Waals surface area contributed by atoms with Crippen molar-refractivity contribution in [2.75, 3.05) is 19.8 Å². The van der Waals surface area contributed by atoms with Crippen LogP contribution in [0, 0.1) is 0 Å². The van der Waals surface area contributed by atoms with Gasteiger partial charge in [0.05, 0.1) is 6.61 Å². The van der Waals surface area contributed by atoms with Crippen molar-refractivity contribution < 1.29 is 44.6 Å². The fourth-order valence-corrected chi connectivity index (χ4v) is 2.29. The van der Waals surface area contributed by atoms with Crippen molar-refractivity contribution in [3.63, 3.8) is 0 Å². The largest absolute Gasteiger partial charge is 0.504 e. The molecule has 0 aromatic heterocycles. The van der Waals surface area contributed by atoms with E-state index in [1.165, 1.54) is 54.6 Å². The molecule has 2 rings (SSSR count). The van der Waals surface area contributed by atoms with Crippen LogP contribution in [0.1, 0.15) is 11.1 Å². The van der Waals surface area contributed by atoms with E-state index in [1.807, 2.05) is 0 Å². The monoisotopic (exact) mass is 442 g/mol. The fraction of sp³-hybridized carbons (Fsp3) is 0.130. The first-order chi connectivity index (χ1) is 15.3. The second-order valence-corrected chi connectivity index (χ2v) is 6.42. The zero-order valence-corrected chi connectivity index (χ0v) is 16.8. The Labute approximate surface area is 183 Å². The van der Waals surface area contributed by atoms with Gasteiger partial charge in [-0.05, 0) is 59.2 Å². The van der Waals surface area contributed by atoms with Crippen molar-refractivity contribution in [2.45, 2.75) is 0 Å². The maximum Gasteiger partial charge on any atom is 0.331 e. The Morgan fingerprint density at radius 3 is 1.72 bits per heavy atom. The van der Waals surface area contributed by atoms with E-state index in [4.69, 9.17) is 9.47 Å². The Morgan fingerprint density at radius 1 is 0.750 bits per heavy atom. The molecular weight excluding hydrogens is 420 g/mol. The second kappa shape index (κ2) is 11.8. The van der Waals surface area contributed by atoms with Gasteiger partial charge in [0.15, 0.2) is 23.0 Å². The number of hydrogen-bond acceptors (Lipinski definition) is 9. The third kappa shape index (κ3) is 7.88. The van der Waals surface area contributed by atoms with Gasteiger partial charge in [0.25, 0.3) is 0 Å². The fourth-order valence-electron chi connectivity index (χ4n) is 2.29. The van der Waals surface area contributed by atoms with Crippen molar-refractivity contribution in [1.29, 1.82) is 0 Å². The maximum absolute atomic E-state index is 11.8. The Bertz CT molecular complexity index is 1050. The molecule has 0 saturated heterocycles. The van der Waals surface area contributed by atoms with Crippen molar-refractivity contribution >= 4 is 24.1 Å². The molecule has 0 aliphatic carbocycles. The summed E-state index contributed by atoms with van der Waals surface area (Å²) in [5, 5.41) is 46.7. The molecule has 9 nitrogen and oxygen atoms in total. The van der Waals surface area contributed by atoms with E-state index in [-0.39, 0.29) is 36.2 Å². The zero-order valence-electron chi connectivity index (χ0n) is 16.8. The van der Waals surface area contributed by atoms with Gasteiger partial charge in [-0.1, -0.05) is 12.1 Å². The van der Waals surface area contributed by atoms with E-state index >= 15 is 0 Å². The first-order valence-electron chi connectivity index (χ1n) is 9.31. The number of hydrogen-bond donors (Lipinski definition) is 5. The first-order valence-corrected chi connectivity index (χ1v) is 9.31. The number of aromatic hydroxyl groups is 4. The molecule has 5 N–H and O–H groups in total. The molecule has 0 unspecified atom stereocenters. The average molecular weight is 442 g/mol. The number of phenolic OH excluding ortho intramolecular Hbond substituents is 4. The van der Waals surface area contributed by atoms with Gasteiger partial charge in [0, 0.05) is 12.2 Å². The van der Waals surface area contributed by atoms with Crippen LogP contribution < -0.4 is 0 Å². The second-order valence-electron chi connectivity index (χ2n) is 6.42. The summed E-state index contributed by atoms with van der Waals surface area (Å²) in [5.74, 6) is -2.57. The molecule has 0 radical (unpaired) electrons. The molecular formula is C23H22O9. The summed E-state index contributed by atoms with van der Waals surface area (Å²) < 4.78 is 9.95. The van der Waals surface area contributed by atoms with Gasteiger partial charge in [-0.25, -0.2) is 9.59 Å². The molecule has 0 aliphatic heterocycles. The lowest BCUT2D eigenvalue weighted by molar-refractivity contribution is -0.138. The Balaban J connectivity index is 1.79. The third-order valence-electron chi connectivity index (χ3n) is 4.02. The molecule has 2 aromatic carbocycles. The van der Waals surface area contributed by atoms with Crippen LogP contribution in [0.3, 0.4) is 0 Å². The molecule has 0 saturated carbocycles. The summed E-state index contributed by atoms with van der Waals surface area (Å²) in [6, 6.07) is 8.09. The quantitative estimate of drug-likeness (QED) is 0.170.